The van der Waals surface area contributed by atoms with Crippen molar-refractivity contribution in [1.82, 2.24) is 0 Å². The van der Waals surface area contributed by atoms with Crippen molar-refractivity contribution in [3.05, 3.63) is 0 Å². The molecule has 0 amide bonds. The normalized spacial score (nSPS) is 19.3. The highest BCUT2D eigenvalue weighted by Gasteiger charge is 2.27. The third-order valence-electron chi connectivity index (χ3n) is 3.21. The van der Waals surface area contributed by atoms with Crippen molar-refractivity contribution in [2.24, 2.45) is 11.7 Å². The molecule has 4 heteroatoms. The molecule has 0 radical (unpaired) electrons. The van der Waals surface area contributed by atoms with E-state index in [2.05, 4.69) is 0 Å². The van der Waals surface area contributed by atoms with Crippen LogP contribution in [0.25, 0.3) is 0 Å². The molecule has 100 valence electrons. The Bertz CT molecular complexity index is 225. The second-order valence-electron chi connectivity index (χ2n) is 5.01. The summed E-state index contributed by atoms with van der Waals surface area (Å²) in [6, 6.07) is -0.450. The van der Waals surface area contributed by atoms with Crippen LogP contribution in [0.4, 0.5) is 0 Å². The summed E-state index contributed by atoms with van der Waals surface area (Å²) in [4.78, 5) is 11.7. The number of carbonyl (C=O) groups excluding carboxylic acids is 1. The van der Waals surface area contributed by atoms with E-state index in [0.29, 0.717) is 19.1 Å². The lowest BCUT2D eigenvalue weighted by Gasteiger charge is -2.25. The van der Waals surface area contributed by atoms with E-state index in [1.807, 2.05) is 13.8 Å². The van der Waals surface area contributed by atoms with Crippen LogP contribution in [0.3, 0.4) is 0 Å². The largest absolute Gasteiger partial charge is 0.462 e. The van der Waals surface area contributed by atoms with Gasteiger partial charge in [0.25, 0.3) is 0 Å². The molecule has 0 heterocycles. The highest BCUT2D eigenvalue weighted by molar-refractivity contribution is 5.75. The summed E-state index contributed by atoms with van der Waals surface area (Å²) in [6.07, 6.45) is 5.91. The Balaban J connectivity index is 2.17. The SMILES string of the molecule is CC(C)OCCOC(=O)C(N)C1CCCCC1. The number of rotatable bonds is 6. The minimum absolute atomic E-state index is 0.167. The van der Waals surface area contributed by atoms with Crippen molar-refractivity contribution in [3.8, 4) is 0 Å². The van der Waals surface area contributed by atoms with Crippen molar-refractivity contribution in [3.63, 3.8) is 0 Å². The minimum atomic E-state index is -0.450. The molecule has 0 aromatic rings. The highest BCUT2D eigenvalue weighted by atomic mass is 16.6. The molecular formula is C13H25NO3. The van der Waals surface area contributed by atoms with Crippen LogP contribution in [0.1, 0.15) is 46.0 Å². The predicted molar refractivity (Wildman–Crippen MR) is 66.6 cm³/mol. The molecule has 0 aromatic heterocycles. The highest BCUT2D eigenvalue weighted by Crippen LogP contribution is 2.25. The summed E-state index contributed by atoms with van der Waals surface area (Å²) >= 11 is 0. The van der Waals surface area contributed by atoms with Gasteiger partial charge in [0.05, 0.1) is 12.7 Å². The van der Waals surface area contributed by atoms with Crippen LogP contribution in [0.15, 0.2) is 0 Å². The smallest absolute Gasteiger partial charge is 0.323 e. The van der Waals surface area contributed by atoms with E-state index in [4.69, 9.17) is 15.2 Å². The topological polar surface area (TPSA) is 61.5 Å². The maximum absolute atomic E-state index is 11.7. The van der Waals surface area contributed by atoms with Gasteiger partial charge in [-0.1, -0.05) is 19.3 Å². The maximum atomic E-state index is 11.7. The van der Waals surface area contributed by atoms with Gasteiger partial charge in [0, 0.05) is 0 Å². The van der Waals surface area contributed by atoms with Gasteiger partial charge >= 0.3 is 5.97 Å². The first kappa shape index (κ1) is 14.5. The molecule has 1 saturated carbocycles. The molecule has 1 unspecified atom stereocenters. The van der Waals surface area contributed by atoms with E-state index in [-0.39, 0.29) is 12.1 Å². The molecule has 1 atom stereocenters. The minimum Gasteiger partial charge on any atom is -0.462 e. The van der Waals surface area contributed by atoms with Crippen LogP contribution in [-0.2, 0) is 14.3 Å². The molecule has 0 spiro atoms. The Morgan fingerprint density at radius 2 is 1.88 bits per heavy atom. The first-order chi connectivity index (χ1) is 8.11. The van der Waals surface area contributed by atoms with Gasteiger partial charge < -0.3 is 15.2 Å². The Morgan fingerprint density at radius 3 is 2.47 bits per heavy atom. The van der Waals surface area contributed by atoms with Gasteiger partial charge in [-0.15, -0.1) is 0 Å². The molecule has 0 saturated heterocycles. The van der Waals surface area contributed by atoms with Gasteiger partial charge in [-0.3, -0.25) is 4.79 Å². The van der Waals surface area contributed by atoms with E-state index in [0.717, 1.165) is 12.8 Å². The molecule has 1 rings (SSSR count). The first-order valence-electron chi connectivity index (χ1n) is 6.65. The Hall–Kier alpha value is -0.610. The van der Waals surface area contributed by atoms with Crippen LogP contribution in [0.2, 0.25) is 0 Å². The fraction of sp³-hybridized carbons (Fsp3) is 0.923. The lowest BCUT2D eigenvalue weighted by molar-refractivity contribution is -0.148. The van der Waals surface area contributed by atoms with Gasteiger partial charge in [-0.05, 0) is 32.6 Å². The van der Waals surface area contributed by atoms with Gasteiger partial charge in [0.1, 0.15) is 12.6 Å². The number of esters is 1. The van der Waals surface area contributed by atoms with Crippen LogP contribution >= 0.6 is 0 Å². The molecule has 1 fully saturated rings. The maximum Gasteiger partial charge on any atom is 0.323 e. The molecule has 0 aromatic carbocycles. The monoisotopic (exact) mass is 243 g/mol. The van der Waals surface area contributed by atoms with Crippen molar-refractivity contribution < 1.29 is 14.3 Å². The summed E-state index contributed by atoms with van der Waals surface area (Å²) in [5.41, 5.74) is 5.92. The van der Waals surface area contributed by atoms with E-state index < -0.39 is 6.04 Å². The van der Waals surface area contributed by atoms with Crippen molar-refractivity contribution in [2.45, 2.75) is 58.1 Å². The van der Waals surface area contributed by atoms with E-state index in [1.165, 1.54) is 19.3 Å². The number of hydrogen-bond donors (Lipinski definition) is 1. The van der Waals surface area contributed by atoms with Gasteiger partial charge in [-0.2, -0.15) is 0 Å². The van der Waals surface area contributed by atoms with Crippen LogP contribution < -0.4 is 5.73 Å². The molecule has 0 bridgehead atoms. The van der Waals surface area contributed by atoms with E-state index >= 15 is 0 Å². The first-order valence-corrected chi connectivity index (χ1v) is 6.65. The molecule has 1 aliphatic carbocycles. The predicted octanol–water partition coefficient (Wildman–Crippen LogP) is 1.86. The average Bonchev–Trinajstić information content (AvgIpc) is 2.34. The van der Waals surface area contributed by atoms with Gasteiger partial charge in [0.2, 0.25) is 0 Å². The summed E-state index contributed by atoms with van der Waals surface area (Å²) in [7, 11) is 0. The standard InChI is InChI=1S/C13H25NO3/c1-10(2)16-8-9-17-13(15)12(14)11-6-4-3-5-7-11/h10-12H,3-9,14H2,1-2H3. The van der Waals surface area contributed by atoms with Gasteiger partial charge in [0.15, 0.2) is 0 Å². The Morgan fingerprint density at radius 1 is 1.24 bits per heavy atom. The summed E-state index contributed by atoms with van der Waals surface area (Å²) in [6.45, 7) is 4.66. The zero-order chi connectivity index (χ0) is 12.7. The molecule has 1 aliphatic rings. The average molecular weight is 243 g/mol. The zero-order valence-electron chi connectivity index (χ0n) is 11.0. The number of hydrogen-bond acceptors (Lipinski definition) is 4. The van der Waals surface area contributed by atoms with E-state index in [1.54, 1.807) is 0 Å². The second-order valence-corrected chi connectivity index (χ2v) is 5.01. The van der Waals surface area contributed by atoms with Crippen molar-refractivity contribution in [2.75, 3.05) is 13.2 Å². The molecular weight excluding hydrogens is 218 g/mol. The van der Waals surface area contributed by atoms with Crippen LogP contribution in [0, 0.1) is 5.92 Å². The third-order valence-corrected chi connectivity index (χ3v) is 3.21. The number of carbonyl (C=O) groups is 1. The fourth-order valence-corrected chi connectivity index (χ4v) is 2.21. The van der Waals surface area contributed by atoms with Crippen molar-refractivity contribution >= 4 is 5.97 Å². The zero-order valence-corrected chi connectivity index (χ0v) is 11.0. The summed E-state index contributed by atoms with van der Waals surface area (Å²) in [5, 5.41) is 0. The number of nitrogens with two attached hydrogens (primary N) is 1. The fourth-order valence-electron chi connectivity index (χ4n) is 2.21. The summed E-state index contributed by atoms with van der Waals surface area (Å²) in [5.74, 6) is 0.0338. The number of ether oxygens (including phenoxy) is 2. The second kappa shape index (κ2) is 7.67. The summed E-state index contributed by atoms with van der Waals surface area (Å²) < 4.78 is 10.4. The van der Waals surface area contributed by atoms with Gasteiger partial charge in [-0.25, -0.2) is 0 Å². The van der Waals surface area contributed by atoms with Crippen LogP contribution in [-0.4, -0.2) is 31.3 Å². The Labute approximate surface area is 104 Å². The lowest BCUT2D eigenvalue weighted by atomic mass is 9.84. The Kier molecular flexibility index (Phi) is 6.52. The molecule has 0 aliphatic heterocycles. The van der Waals surface area contributed by atoms with E-state index in [9.17, 15) is 4.79 Å². The molecule has 2 N–H and O–H groups in total. The van der Waals surface area contributed by atoms with Crippen molar-refractivity contribution in [1.29, 1.82) is 0 Å². The molecule has 4 nitrogen and oxygen atoms in total. The lowest BCUT2D eigenvalue weighted by Crippen LogP contribution is -2.40. The molecule has 17 heavy (non-hydrogen) atoms. The quantitative estimate of drug-likeness (QED) is 0.571. The third kappa shape index (κ3) is 5.50. The van der Waals surface area contributed by atoms with Crippen LogP contribution in [0.5, 0.6) is 0 Å².